The van der Waals surface area contributed by atoms with E-state index in [0.717, 1.165) is 18.5 Å². The molecule has 0 bridgehead atoms. The monoisotopic (exact) mass is 326 g/mol. The van der Waals surface area contributed by atoms with Crippen LogP contribution in [0.2, 0.25) is 0 Å². The SMILES string of the molecule is CC(C)CCC(=O)NC(CC(C)C)c1csc(C(=O)NN)n1. The first kappa shape index (κ1) is 18.6. The van der Waals surface area contributed by atoms with Gasteiger partial charge >= 0.3 is 0 Å². The summed E-state index contributed by atoms with van der Waals surface area (Å²) >= 11 is 1.23. The van der Waals surface area contributed by atoms with Gasteiger partial charge in [-0.05, 0) is 24.7 Å². The number of hydrazine groups is 1. The first-order chi connectivity index (χ1) is 10.3. The highest BCUT2D eigenvalue weighted by Crippen LogP contribution is 2.23. The number of nitrogens with zero attached hydrogens (tertiary/aromatic N) is 1. The average molecular weight is 326 g/mol. The van der Waals surface area contributed by atoms with Crippen molar-refractivity contribution < 1.29 is 9.59 Å². The lowest BCUT2D eigenvalue weighted by Gasteiger charge is -2.19. The normalized spacial score (nSPS) is 12.5. The van der Waals surface area contributed by atoms with Crippen molar-refractivity contribution in [3.05, 3.63) is 16.1 Å². The van der Waals surface area contributed by atoms with Gasteiger partial charge in [0.15, 0.2) is 5.01 Å². The third kappa shape index (κ3) is 6.11. The van der Waals surface area contributed by atoms with Crippen molar-refractivity contribution in [3.8, 4) is 0 Å². The van der Waals surface area contributed by atoms with E-state index >= 15 is 0 Å². The molecule has 1 rings (SSSR count). The molecule has 7 heteroatoms. The van der Waals surface area contributed by atoms with Gasteiger partial charge in [-0.3, -0.25) is 15.0 Å². The molecular formula is C15H26N4O2S. The molecule has 0 aliphatic rings. The average Bonchev–Trinajstić information content (AvgIpc) is 2.92. The molecular weight excluding hydrogens is 300 g/mol. The van der Waals surface area contributed by atoms with Gasteiger partial charge in [0.25, 0.3) is 5.91 Å². The highest BCUT2D eigenvalue weighted by atomic mass is 32.1. The highest BCUT2D eigenvalue weighted by molar-refractivity contribution is 7.11. The molecule has 1 unspecified atom stereocenters. The van der Waals surface area contributed by atoms with Crippen LogP contribution < -0.4 is 16.6 Å². The maximum Gasteiger partial charge on any atom is 0.294 e. The summed E-state index contributed by atoms with van der Waals surface area (Å²) in [5, 5.41) is 5.15. The maximum absolute atomic E-state index is 12.1. The Bertz CT molecular complexity index is 499. The zero-order valence-corrected chi connectivity index (χ0v) is 14.5. The van der Waals surface area contributed by atoms with E-state index in [-0.39, 0.29) is 11.9 Å². The Hall–Kier alpha value is -1.47. The molecule has 6 nitrogen and oxygen atoms in total. The van der Waals surface area contributed by atoms with E-state index in [0.29, 0.717) is 23.3 Å². The van der Waals surface area contributed by atoms with Crippen molar-refractivity contribution in [2.75, 3.05) is 0 Å². The van der Waals surface area contributed by atoms with Crippen LogP contribution >= 0.6 is 11.3 Å². The Labute approximate surface area is 135 Å². The number of hydrogen-bond donors (Lipinski definition) is 3. The van der Waals surface area contributed by atoms with E-state index < -0.39 is 5.91 Å². The number of carbonyl (C=O) groups is 2. The number of nitrogens with two attached hydrogens (primary N) is 1. The number of nitrogens with one attached hydrogen (secondary N) is 2. The van der Waals surface area contributed by atoms with Crippen molar-refractivity contribution in [2.24, 2.45) is 17.7 Å². The van der Waals surface area contributed by atoms with E-state index in [1.165, 1.54) is 11.3 Å². The molecule has 124 valence electrons. The van der Waals surface area contributed by atoms with Crippen LogP contribution in [0.15, 0.2) is 5.38 Å². The summed E-state index contributed by atoms with van der Waals surface area (Å²) in [7, 11) is 0. The van der Waals surface area contributed by atoms with Gasteiger partial charge in [0.1, 0.15) is 0 Å². The fourth-order valence-corrected chi connectivity index (χ4v) is 2.80. The second-order valence-electron chi connectivity index (χ2n) is 6.23. The molecule has 1 heterocycles. The van der Waals surface area contributed by atoms with Crippen LogP contribution in [-0.2, 0) is 4.79 Å². The third-order valence-electron chi connectivity index (χ3n) is 3.20. The fraction of sp³-hybridized carbons (Fsp3) is 0.667. The minimum absolute atomic E-state index is 0.0252. The Morgan fingerprint density at radius 1 is 1.27 bits per heavy atom. The number of amides is 2. The van der Waals surface area contributed by atoms with Gasteiger partial charge in [0.05, 0.1) is 11.7 Å². The van der Waals surface area contributed by atoms with Crippen LogP contribution in [-0.4, -0.2) is 16.8 Å². The van der Waals surface area contributed by atoms with Crippen molar-refractivity contribution in [1.29, 1.82) is 0 Å². The standard InChI is InChI=1S/C15H26N4O2S/c1-9(2)5-6-13(20)17-11(7-10(3)4)12-8-22-15(18-12)14(21)19-16/h8-11H,5-7,16H2,1-4H3,(H,17,20)(H,19,21). The quantitative estimate of drug-likeness (QED) is 0.388. The van der Waals surface area contributed by atoms with Crippen molar-refractivity contribution in [3.63, 3.8) is 0 Å². The van der Waals surface area contributed by atoms with Gasteiger partial charge in [-0.1, -0.05) is 27.7 Å². The van der Waals surface area contributed by atoms with Crippen LogP contribution in [0.25, 0.3) is 0 Å². The molecule has 1 aromatic rings. The molecule has 0 fully saturated rings. The molecule has 0 aliphatic heterocycles. The second-order valence-corrected chi connectivity index (χ2v) is 7.09. The van der Waals surface area contributed by atoms with Gasteiger partial charge in [-0.15, -0.1) is 11.3 Å². The Morgan fingerprint density at radius 2 is 1.95 bits per heavy atom. The van der Waals surface area contributed by atoms with E-state index in [1.807, 2.05) is 0 Å². The molecule has 1 atom stereocenters. The predicted octanol–water partition coefficient (Wildman–Crippen LogP) is 2.39. The third-order valence-corrected chi connectivity index (χ3v) is 4.05. The lowest BCUT2D eigenvalue weighted by atomic mass is 10.0. The first-order valence-electron chi connectivity index (χ1n) is 7.59. The summed E-state index contributed by atoms with van der Waals surface area (Å²) in [6.45, 7) is 8.37. The Kier molecular flexibility index (Phi) is 7.47. The number of carbonyl (C=O) groups excluding carboxylic acids is 2. The van der Waals surface area contributed by atoms with E-state index in [2.05, 4.69) is 43.4 Å². The Morgan fingerprint density at radius 3 is 2.50 bits per heavy atom. The van der Waals surface area contributed by atoms with Crippen LogP contribution in [0.5, 0.6) is 0 Å². The van der Waals surface area contributed by atoms with Gasteiger partial charge in [0, 0.05) is 11.8 Å². The summed E-state index contributed by atoms with van der Waals surface area (Å²) in [5.74, 6) is 5.63. The van der Waals surface area contributed by atoms with Gasteiger partial charge < -0.3 is 5.32 Å². The van der Waals surface area contributed by atoms with Crippen molar-refractivity contribution in [1.82, 2.24) is 15.7 Å². The molecule has 0 aliphatic carbocycles. The summed E-state index contributed by atoms with van der Waals surface area (Å²) in [5.41, 5.74) is 2.79. The second kappa shape index (κ2) is 8.85. The van der Waals surface area contributed by atoms with E-state index in [1.54, 1.807) is 5.38 Å². The fourth-order valence-electron chi connectivity index (χ4n) is 2.02. The molecule has 0 saturated heterocycles. The molecule has 0 aromatic carbocycles. The largest absolute Gasteiger partial charge is 0.348 e. The van der Waals surface area contributed by atoms with Crippen molar-refractivity contribution >= 4 is 23.2 Å². The maximum atomic E-state index is 12.1. The molecule has 22 heavy (non-hydrogen) atoms. The zero-order chi connectivity index (χ0) is 16.7. The number of nitrogen functional groups attached to an aromatic ring is 1. The number of thiazole rings is 1. The van der Waals surface area contributed by atoms with Crippen LogP contribution in [0, 0.1) is 11.8 Å². The van der Waals surface area contributed by atoms with Gasteiger partial charge in [0.2, 0.25) is 5.91 Å². The minimum atomic E-state index is -0.411. The molecule has 0 spiro atoms. The number of rotatable bonds is 8. The summed E-state index contributed by atoms with van der Waals surface area (Å²) < 4.78 is 0. The van der Waals surface area contributed by atoms with Gasteiger partial charge in [-0.2, -0.15) is 0 Å². The predicted molar refractivity (Wildman–Crippen MR) is 88.2 cm³/mol. The molecule has 4 N–H and O–H groups in total. The lowest BCUT2D eigenvalue weighted by molar-refractivity contribution is -0.122. The van der Waals surface area contributed by atoms with Crippen molar-refractivity contribution in [2.45, 2.75) is 53.0 Å². The summed E-state index contributed by atoms with van der Waals surface area (Å²) in [6, 6.07) is -0.171. The van der Waals surface area contributed by atoms with Crippen LogP contribution in [0.1, 0.15) is 68.5 Å². The first-order valence-corrected chi connectivity index (χ1v) is 8.47. The Balaban J connectivity index is 2.77. The van der Waals surface area contributed by atoms with Crippen LogP contribution in [0.3, 0.4) is 0 Å². The number of aromatic nitrogens is 1. The smallest absolute Gasteiger partial charge is 0.294 e. The van der Waals surface area contributed by atoms with Gasteiger partial charge in [-0.25, -0.2) is 10.8 Å². The van der Waals surface area contributed by atoms with E-state index in [9.17, 15) is 9.59 Å². The summed E-state index contributed by atoms with van der Waals surface area (Å²) in [4.78, 5) is 27.9. The lowest BCUT2D eigenvalue weighted by Crippen LogP contribution is -2.31. The summed E-state index contributed by atoms with van der Waals surface area (Å²) in [6.07, 6.45) is 2.14. The minimum Gasteiger partial charge on any atom is -0.348 e. The van der Waals surface area contributed by atoms with E-state index in [4.69, 9.17) is 5.84 Å². The highest BCUT2D eigenvalue weighted by Gasteiger charge is 2.20. The molecule has 0 radical (unpaired) electrons. The number of hydrogen-bond acceptors (Lipinski definition) is 5. The molecule has 2 amide bonds. The molecule has 1 aromatic heterocycles. The molecule has 0 saturated carbocycles. The topological polar surface area (TPSA) is 97.1 Å². The van der Waals surface area contributed by atoms with Crippen LogP contribution in [0.4, 0.5) is 0 Å². The zero-order valence-electron chi connectivity index (χ0n) is 13.7.